The van der Waals surface area contributed by atoms with Crippen LogP contribution in [0.25, 0.3) is 10.2 Å². The van der Waals surface area contributed by atoms with Crippen molar-refractivity contribution in [1.29, 1.82) is 0 Å². The van der Waals surface area contributed by atoms with Crippen LogP contribution in [0.3, 0.4) is 0 Å². The van der Waals surface area contributed by atoms with Gasteiger partial charge in [-0.15, -0.1) is 0 Å². The summed E-state index contributed by atoms with van der Waals surface area (Å²) in [6.07, 6.45) is 3.53. The summed E-state index contributed by atoms with van der Waals surface area (Å²) in [5, 5.41) is 5.65. The van der Waals surface area contributed by atoms with Crippen LogP contribution in [-0.2, 0) is 6.54 Å². The molecule has 148 valence electrons. The van der Waals surface area contributed by atoms with Gasteiger partial charge in [-0.2, -0.15) is 5.10 Å². The molecule has 0 aliphatic rings. The van der Waals surface area contributed by atoms with Crippen molar-refractivity contribution in [2.45, 2.75) is 33.4 Å². The minimum absolute atomic E-state index is 0.171. The number of nitrogens with zero attached hydrogens (tertiary/aromatic N) is 5. The Morgan fingerprint density at radius 3 is 2.72 bits per heavy atom. The molecule has 0 aliphatic carbocycles. The summed E-state index contributed by atoms with van der Waals surface area (Å²) < 4.78 is 2.64. The highest BCUT2D eigenvalue weighted by molar-refractivity contribution is 7.23. The number of hydrogen-bond acceptors (Lipinski definition) is 5. The molecule has 0 fully saturated rings. The van der Waals surface area contributed by atoms with E-state index in [4.69, 9.17) is 16.6 Å². The second-order valence-electron chi connectivity index (χ2n) is 7.03. The van der Waals surface area contributed by atoms with Gasteiger partial charge in [0.1, 0.15) is 0 Å². The van der Waals surface area contributed by atoms with E-state index in [-0.39, 0.29) is 11.9 Å². The quantitative estimate of drug-likeness (QED) is 0.436. The van der Waals surface area contributed by atoms with Crippen LogP contribution < -0.4 is 4.90 Å². The Morgan fingerprint density at radius 2 is 2.07 bits per heavy atom. The zero-order valence-corrected chi connectivity index (χ0v) is 17.9. The third-order valence-electron chi connectivity index (χ3n) is 4.56. The Morgan fingerprint density at radius 1 is 1.24 bits per heavy atom. The summed E-state index contributed by atoms with van der Waals surface area (Å²) in [5.41, 5.74) is 2.97. The molecule has 3 heterocycles. The monoisotopic (exact) mass is 425 g/mol. The van der Waals surface area contributed by atoms with Crippen LogP contribution in [0.1, 0.15) is 41.6 Å². The van der Waals surface area contributed by atoms with E-state index in [0.717, 1.165) is 21.5 Å². The molecule has 0 atom stereocenters. The molecule has 4 rings (SSSR count). The van der Waals surface area contributed by atoms with Crippen molar-refractivity contribution in [2.75, 3.05) is 4.90 Å². The van der Waals surface area contributed by atoms with Crippen LogP contribution in [-0.4, -0.2) is 25.7 Å². The number of benzene rings is 1. The first-order valence-electron chi connectivity index (χ1n) is 9.26. The number of anilines is 1. The minimum atomic E-state index is -0.220. The molecule has 6 nitrogen and oxygen atoms in total. The van der Waals surface area contributed by atoms with E-state index in [1.807, 2.05) is 57.3 Å². The first-order chi connectivity index (χ1) is 13.9. The minimum Gasteiger partial charge on any atom is -0.276 e. The molecule has 0 aliphatic heterocycles. The maximum absolute atomic E-state index is 13.4. The number of thiazole rings is 1. The van der Waals surface area contributed by atoms with Gasteiger partial charge in [0, 0.05) is 18.4 Å². The van der Waals surface area contributed by atoms with E-state index in [1.165, 1.54) is 11.3 Å². The van der Waals surface area contributed by atoms with E-state index in [2.05, 4.69) is 10.1 Å². The fraction of sp³-hybridized carbons (Fsp3) is 0.238. The van der Waals surface area contributed by atoms with Gasteiger partial charge in [0.2, 0.25) is 0 Å². The Bertz CT molecular complexity index is 1130. The van der Waals surface area contributed by atoms with Gasteiger partial charge in [-0.05, 0) is 50.6 Å². The second kappa shape index (κ2) is 7.93. The predicted molar refractivity (Wildman–Crippen MR) is 117 cm³/mol. The number of pyridine rings is 1. The van der Waals surface area contributed by atoms with Gasteiger partial charge in [-0.3, -0.25) is 19.4 Å². The maximum Gasteiger partial charge on any atom is 0.280 e. The van der Waals surface area contributed by atoms with E-state index < -0.39 is 0 Å². The van der Waals surface area contributed by atoms with Crippen LogP contribution in [0.4, 0.5) is 5.13 Å². The Balaban J connectivity index is 1.78. The lowest BCUT2D eigenvalue weighted by molar-refractivity contribution is 0.0979. The third kappa shape index (κ3) is 3.88. The van der Waals surface area contributed by atoms with Crippen molar-refractivity contribution >= 4 is 44.2 Å². The molecule has 0 radical (unpaired) electrons. The summed E-state index contributed by atoms with van der Waals surface area (Å²) in [6, 6.07) is 11.3. The highest BCUT2D eigenvalue weighted by atomic mass is 35.5. The first kappa shape index (κ1) is 19.5. The lowest BCUT2D eigenvalue weighted by Crippen LogP contribution is -2.31. The molecular weight excluding hydrogens is 406 g/mol. The molecule has 0 bridgehead atoms. The van der Waals surface area contributed by atoms with Gasteiger partial charge in [0.05, 0.1) is 27.5 Å². The molecule has 1 aromatic carbocycles. The van der Waals surface area contributed by atoms with Gasteiger partial charge in [-0.1, -0.05) is 35.1 Å². The van der Waals surface area contributed by atoms with E-state index >= 15 is 0 Å². The number of carbonyl (C=O) groups is 1. The molecule has 1 amide bonds. The average Bonchev–Trinajstić information content (AvgIpc) is 3.37. The maximum atomic E-state index is 13.4. The normalized spacial score (nSPS) is 11.3. The highest BCUT2D eigenvalue weighted by Gasteiger charge is 2.25. The SMILES string of the molecule is Cc1ccc(Cl)c2sc(N(Cc3ccccn3)C(=O)c3ccn(C(C)C)n3)nc12. The van der Waals surface area contributed by atoms with Crippen LogP contribution >= 0.6 is 22.9 Å². The van der Waals surface area contributed by atoms with Crippen LogP contribution in [0, 0.1) is 6.92 Å². The molecule has 0 saturated heterocycles. The number of amides is 1. The van der Waals surface area contributed by atoms with Crippen molar-refractivity contribution in [3.8, 4) is 0 Å². The topological polar surface area (TPSA) is 63.9 Å². The molecule has 0 spiro atoms. The lowest BCUT2D eigenvalue weighted by Gasteiger charge is -2.18. The molecule has 4 aromatic rings. The summed E-state index contributed by atoms with van der Waals surface area (Å²) in [5.74, 6) is -0.220. The summed E-state index contributed by atoms with van der Waals surface area (Å²) >= 11 is 7.78. The molecule has 0 saturated carbocycles. The van der Waals surface area contributed by atoms with E-state index in [1.54, 1.807) is 21.8 Å². The largest absolute Gasteiger partial charge is 0.280 e. The van der Waals surface area contributed by atoms with Crippen LogP contribution in [0.5, 0.6) is 0 Å². The zero-order chi connectivity index (χ0) is 20.5. The van der Waals surface area contributed by atoms with Crippen molar-refractivity contribution in [1.82, 2.24) is 19.7 Å². The van der Waals surface area contributed by atoms with E-state index in [0.29, 0.717) is 22.4 Å². The number of carbonyl (C=O) groups excluding carboxylic acids is 1. The summed E-state index contributed by atoms with van der Waals surface area (Å²) in [6.45, 7) is 6.32. The molecule has 0 unspecified atom stereocenters. The lowest BCUT2D eigenvalue weighted by atomic mass is 10.2. The number of hydrogen-bond donors (Lipinski definition) is 0. The number of rotatable bonds is 5. The van der Waals surface area contributed by atoms with Crippen molar-refractivity contribution in [3.63, 3.8) is 0 Å². The van der Waals surface area contributed by atoms with Gasteiger partial charge < -0.3 is 0 Å². The number of halogens is 1. The molecule has 29 heavy (non-hydrogen) atoms. The average molecular weight is 426 g/mol. The number of fused-ring (bicyclic) bond motifs is 1. The van der Waals surface area contributed by atoms with Gasteiger partial charge >= 0.3 is 0 Å². The van der Waals surface area contributed by atoms with Gasteiger partial charge in [0.15, 0.2) is 10.8 Å². The number of aromatic nitrogens is 4. The number of aryl methyl sites for hydroxylation is 1. The van der Waals surface area contributed by atoms with E-state index in [9.17, 15) is 4.79 Å². The Hall–Kier alpha value is -2.77. The van der Waals surface area contributed by atoms with Gasteiger partial charge in [-0.25, -0.2) is 4.98 Å². The Labute approximate surface area is 177 Å². The molecule has 0 N–H and O–H groups in total. The molecular formula is C21H20ClN5OS. The smallest absolute Gasteiger partial charge is 0.276 e. The zero-order valence-electron chi connectivity index (χ0n) is 16.3. The molecule has 8 heteroatoms. The predicted octanol–water partition coefficient (Wildman–Crippen LogP) is 5.28. The van der Waals surface area contributed by atoms with Crippen LogP contribution in [0.15, 0.2) is 48.8 Å². The summed E-state index contributed by atoms with van der Waals surface area (Å²) in [4.78, 5) is 24.1. The molecule has 3 aromatic heterocycles. The fourth-order valence-electron chi connectivity index (χ4n) is 2.96. The van der Waals surface area contributed by atoms with Crippen molar-refractivity contribution in [2.24, 2.45) is 0 Å². The first-order valence-corrected chi connectivity index (χ1v) is 10.5. The summed E-state index contributed by atoms with van der Waals surface area (Å²) in [7, 11) is 0. The second-order valence-corrected chi connectivity index (χ2v) is 8.41. The fourth-order valence-corrected chi connectivity index (χ4v) is 4.28. The highest BCUT2D eigenvalue weighted by Crippen LogP contribution is 2.36. The van der Waals surface area contributed by atoms with Crippen LogP contribution in [0.2, 0.25) is 5.02 Å². The van der Waals surface area contributed by atoms with Crippen molar-refractivity contribution < 1.29 is 4.79 Å². The Kier molecular flexibility index (Phi) is 5.34. The van der Waals surface area contributed by atoms with Gasteiger partial charge in [0.25, 0.3) is 5.91 Å². The van der Waals surface area contributed by atoms with Crippen molar-refractivity contribution in [3.05, 3.63) is 70.8 Å². The third-order valence-corrected chi connectivity index (χ3v) is 6.10. The standard InChI is InChI=1S/C21H20ClN5OS/c1-13(2)27-11-9-17(25-27)20(28)26(12-15-6-4-5-10-23-15)21-24-18-14(3)7-8-16(22)19(18)29-21/h4-11,13H,12H2,1-3H3.